The molecule has 1 saturated carbocycles. The fourth-order valence-corrected chi connectivity index (χ4v) is 2.96. The van der Waals surface area contributed by atoms with E-state index in [9.17, 15) is 0 Å². The van der Waals surface area contributed by atoms with E-state index in [4.69, 9.17) is 10.5 Å². The van der Waals surface area contributed by atoms with E-state index in [0.29, 0.717) is 19.1 Å². The van der Waals surface area contributed by atoms with Crippen LogP contribution in [0.2, 0.25) is 0 Å². The Balaban J connectivity index is 2.17. The highest BCUT2D eigenvalue weighted by molar-refractivity contribution is 5.08. The summed E-state index contributed by atoms with van der Waals surface area (Å²) in [5.74, 6) is 0.668. The summed E-state index contributed by atoms with van der Waals surface area (Å²) >= 11 is 0. The van der Waals surface area contributed by atoms with Gasteiger partial charge in [-0.25, -0.2) is 0 Å². The monoisotopic (exact) mass is 263 g/mol. The van der Waals surface area contributed by atoms with Gasteiger partial charge in [0.1, 0.15) is 0 Å². The third-order valence-corrected chi connectivity index (χ3v) is 4.18. The molecule has 0 radical (unpaired) electrons. The molecule has 0 bridgehead atoms. The van der Waals surface area contributed by atoms with Crippen LogP contribution in [-0.2, 0) is 11.3 Å². The van der Waals surface area contributed by atoms with Crippen LogP contribution < -0.4 is 5.73 Å². The summed E-state index contributed by atoms with van der Waals surface area (Å²) in [6, 6.07) is 6.06. The summed E-state index contributed by atoms with van der Waals surface area (Å²) in [7, 11) is 1.77. The minimum Gasteiger partial charge on any atom is -0.383 e. The second-order valence-electron chi connectivity index (χ2n) is 5.35. The number of likely N-dealkylation sites (N-methyl/N-ethyl adjacent to an activating group) is 1. The van der Waals surface area contributed by atoms with Gasteiger partial charge in [0, 0.05) is 26.4 Å². The van der Waals surface area contributed by atoms with Crippen LogP contribution in [0.25, 0.3) is 0 Å². The number of nitrogens with zero attached hydrogens (tertiary/aromatic N) is 2. The van der Waals surface area contributed by atoms with Crippen molar-refractivity contribution in [1.82, 2.24) is 9.88 Å². The maximum atomic E-state index is 6.12. The molecule has 0 amide bonds. The maximum absolute atomic E-state index is 6.12. The van der Waals surface area contributed by atoms with Crippen molar-refractivity contribution >= 4 is 0 Å². The van der Waals surface area contributed by atoms with Crippen LogP contribution in [0, 0.1) is 5.92 Å². The topological polar surface area (TPSA) is 51.4 Å². The van der Waals surface area contributed by atoms with E-state index in [0.717, 1.165) is 18.8 Å². The van der Waals surface area contributed by atoms with E-state index in [-0.39, 0.29) is 5.54 Å². The molecule has 19 heavy (non-hydrogen) atoms. The first-order chi connectivity index (χ1) is 9.26. The first-order valence-corrected chi connectivity index (χ1v) is 7.10. The lowest BCUT2D eigenvalue weighted by Crippen LogP contribution is -2.58. The standard InChI is InChI=1S/C15H25N3O/c1-3-18(10-14-6-4-5-9-17-14)15(11-16,12-19-2)13-7-8-13/h4-6,9,13H,3,7-8,10-12,16H2,1-2H3. The Labute approximate surface area is 116 Å². The number of aromatic nitrogens is 1. The van der Waals surface area contributed by atoms with Crippen molar-refractivity contribution in [1.29, 1.82) is 0 Å². The average Bonchev–Trinajstić information content (AvgIpc) is 3.28. The Morgan fingerprint density at radius 1 is 1.47 bits per heavy atom. The lowest BCUT2D eigenvalue weighted by molar-refractivity contribution is -0.00376. The Morgan fingerprint density at radius 2 is 2.26 bits per heavy atom. The Kier molecular flexibility index (Phi) is 4.91. The zero-order chi connectivity index (χ0) is 13.7. The second-order valence-corrected chi connectivity index (χ2v) is 5.35. The number of rotatable bonds is 8. The molecule has 1 unspecified atom stereocenters. The third kappa shape index (κ3) is 3.14. The fourth-order valence-electron chi connectivity index (χ4n) is 2.96. The van der Waals surface area contributed by atoms with Crippen molar-refractivity contribution < 1.29 is 4.74 Å². The predicted molar refractivity (Wildman–Crippen MR) is 76.7 cm³/mol. The molecular weight excluding hydrogens is 238 g/mol. The molecule has 1 aliphatic carbocycles. The quantitative estimate of drug-likeness (QED) is 0.775. The van der Waals surface area contributed by atoms with Gasteiger partial charge < -0.3 is 10.5 Å². The molecule has 2 rings (SSSR count). The minimum absolute atomic E-state index is 0.0268. The molecule has 0 aliphatic heterocycles. The van der Waals surface area contributed by atoms with Crippen LogP contribution >= 0.6 is 0 Å². The normalized spacial score (nSPS) is 18.5. The Hall–Kier alpha value is -0.970. The summed E-state index contributed by atoms with van der Waals surface area (Å²) in [5, 5.41) is 0. The summed E-state index contributed by atoms with van der Waals surface area (Å²) in [5.41, 5.74) is 7.19. The van der Waals surface area contributed by atoms with Crippen molar-refractivity contribution in [2.75, 3.05) is 26.8 Å². The lowest BCUT2D eigenvalue weighted by Gasteiger charge is -2.43. The van der Waals surface area contributed by atoms with E-state index in [1.165, 1.54) is 12.8 Å². The molecule has 0 saturated heterocycles. The lowest BCUT2D eigenvalue weighted by atomic mass is 9.91. The van der Waals surface area contributed by atoms with Gasteiger partial charge in [-0.2, -0.15) is 0 Å². The van der Waals surface area contributed by atoms with Crippen molar-refractivity contribution in [2.45, 2.75) is 31.8 Å². The third-order valence-electron chi connectivity index (χ3n) is 4.18. The molecular formula is C15H25N3O. The largest absolute Gasteiger partial charge is 0.383 e. The molecule has 1 atom stereocenters. The molecule has 1 aliphatic rings. The molecule has 106 valence electrons. The molecule has 1 aromatic heterocycles. The van der Waals surface area contributed by atoms with Crippen LogP contribution in [-0.4, -0.2) is 42.2 Å². The van der Waals surface area contributed by atoms with E-state index < -0.39 is 0 Å². The van der Waals surface area contributed by atoms with Crippen molar-refractivity contribution in [3.63, 3.8) is 0 Å². The van der Waals surface area contributed by atoms with Crippen LogP contribution in [0.15, 0.2) is 24.4 Å². The van der Waals surface area contributed by atoms with Gasteiger partial charge in [0.25, 0.3) is 0 Å². The maximum Gasteiger partial charge on any atom is 0.0661 e. The molecule has 4 nitrogen and oxygen atoms in total. The number of hydrogen-bond acceptors (Lipinski definition) is 4. The van der Waals surface area contributed by atoms with E-state index >= 15 is 0 Å². The van der Waals surface area contributed by atoms with Crippen molar-refractivity contribution in [3.8, 4) is 0 Å². The Bertz CT molecular complexity index is 380. The zero-order valence-electron chi connectivity index (χ0n) is 12.0. The van der Waals surface area contributed by atoms with Gasteiger partial charge in [-0.05, 0) is 37.4 Å². The first kappa shape index (κ1) is 14.4. The number of ether oxygens (including phenoxy) is 1. The highest BCUT2D eigenvalue weighted by Gasteiger charge is 2.48. The van der Waals surface area contributed by atoms with Crippen LogP contribution in [0.1, 0.15) is 25.5 Å². The minimum atomic E-state index is -0.0268. The molecule has 1 heterocycles. The van der Waals surface area contributed by atoms with E-state index in [2.05, 4.69) is 22.9 Å². The SMILES string of the molecule is CCN(Cc1ccccn1)C(CN)(COC)C1CC1. The van der Waals surface area contributed by atoms with Crippen LogP contribution in [0.5, 0.6) is 0 Å². The van der Waals surface area contributed by atoms with Gasteiger partial charge in [0.05, 0.1) is 17.8 Å². The molecule has 4 heteroatoms. The predicted octanol–water partition coefficient (Wildman–Crippen LogP) is 1.66. The van der Waals surface area contributed by atoms with Crippen LogP contribution in [0.3, 0.4) is 0 Å². The summed E-state index contributed by atoms with van der Waals surface area (Å²) in [6.45, 7) is 5.34. The van der Waals surface area contributed by atoms with E-state index in [1.807, 2.05) is 18.3 Å². The fraction of sp³-hybridized carbons (Fsp3) is 0.667. The Morgan fingerprint density at radius 3 is 2.74 bits per heavy atom. The highest BCUT2D eigenvalue weighted by atomic mass is 16.5. The molecule has 0 spiro atoms. The molecule has 1 aromatic rings. The van der Waals surface area contributed by atoms with E-state index in [1.54, 1.807) is 7.11 Å². The zero-order valence-corrected chi connectivity index (χ0v) is 12.0. The van der Waals surface area contributed by atoms with Crippen LogP contribution in [0.4, 0.5) is 0 Å². The average molecular weight is 263 g/mol. The number of nitrogens with two attached hydrogens (primary N) is 1. The van der Waals surface area contributed by atoms with Crippen molar-refractivity contribution in [3.05, 3.63) is 30.1 Å². The smallest absolute Gasteiger partial charge is 0.0661 e. The highest BCUT2D eigenvalue weighted by Crippen LogP contribution is 2.43. The van der Waals surface area contributed by atoms with Gasteiger partial charge >= 0.3 is 0 Å². The first-order valence-electron chi connectivity index (χ1n) is 7.10. The van der Waals surface area contributed by atoms with Gasteiger partial charge in [-0.1, -0.05) is 13.0 Å². The second kappa shape index (κ2) is 6.46. The molecule has 0 aromatic carbocycles. The van der Waals surface area contributed by atoms with Gasteiger partial charge in [0.2, 0.25) is 0 Å². The van der Waals surface area contributed by atoms with Gasteiger partial charge in [0.15, 0.2) is 0 Å². The number of hydrogen-bond donors (Lipinski definition) is 1. The van der Waals surface area contributed by atoms with Crippen molar-refractivity contribution in [2.24, 2.45) is 11.7 Å². The molecule has 1 fully saturated rings. The summed E-state index contributed by atoms with van der Waals surface area (Å²) in [6.07, 6.45) is 4.37. The van der Waals surface area contributed by atoms with Gasteiger partial charge in [-0.3, -0.25) is 9.88 Å². The number of pyridine rings is 1. The number of methoxy groups -OCH3 is 1. The summed E-state index contributed by atoms with van der Waals surface area (Å²) in [4.78, 5) is 6.87. The van der Waals surface area contributed by atoms with Gasteiger partial charge in [-0.15, -0.1) is 0 Å². The summed E-state index contributed by atoms with van der Waals surface area (Å²) < 4.78 is 5.48. The molecule has 2 N–H and O–H groups in total.